The highest BCUT2D eigenvalue weighted by Crippen LogP contribution is 2.30. The van der Waals surface area contributed by atoms with Crippen LogP contribution in [-0.2, 0) is 17.8 Å². The maximum absolute atomic E-state index is 13.7. The molecule has 0 aromatic heterocycles. The van der Waals surface area contributed by atoms with Crippen molar-refractivity contribution in [2.45, 2.75) is 52.7 Å². The number of benzene rings is 3. The number of carbonyl (C=O) groups excluding carboxylic acids is 1. The van der Waals surface area contributed by atoms with E-state index >= 15 is 0 Å². The standard InChI is InChI=1S/C28H31N3O/c1-20(2)30(19-24-13-9-6-10-14-24)28-29-25(18-23-11-7-5-8-12-23)27(32)31(28)26-16-15-21(3)17-22(26)4/h5-17,20,25H,18-19H2,1-4H3. The van der Waals surface area contributed by atoms with E-state index in [4.69, 9.17) is 4.99 Å². The molecule has 0 saturated heterocycles. The minimum Gasteiger partial charge on any atom is -0.335 e. The smallest absolute Gasteiger partial charge is 0.259 e. The lowest BCUT2D eigenvalue weighted by molar-refractivity contribution is -0.118. The zero-order valence-electron chi connectivity index (χ0n) is 19.3. The van der Waals surface area contributed by atoms with Gasteiger partial charge < -0.3 is 4.90 Å². The summed E-state index contributed by atoms with van der Waals surface area (Å²) < 4.78 is 0. The number of nitrogens with zero attached hydrogens (tertiary/aromatic N) is 3. The third kappa shape index (κ3) is 4.59. The van der Waals surface area contributed by atoms with Gasteiger partial charge in [0.15, 0.2) is 0 Å². The molecule has 0 bridgehead atoms. The zero-order chi connectivity index (χ0) is 22.7. The minimum absolute atomic E-state index is 0.0366. The third-order valence-corrected chi connectivity index (χ3v) is 5.92. The SMILES string of the molecule is Cc1ccc(N2C(=O)C(Cc3ccccc3)N=C2N(Cc2ccccc2)C(C)C)c(C)c1. The van der Waals surface area contributed by atoms with Crippen LogP contribution in [0.5, 0.6) is 0 Å². The molecule has 0 saturated carbocycles. The van der Waals surface area contributed by atoms with E-state index < -0.39 is 6.04 Å². The molecule has 1 aliphatic heterocycles. The fraction of sp³-hybridized carbons (Fsp3) is 0.286. The Bertz CT molecular complexity index is 1110. The van der Waals surface area contributed by atoms with Gasteiger partial charge in [-0.25, -0.2) is 9.89 Å². The van der Waals surface area contributed by atoms with E-state index in [-0.39, 0.29) is 11.9 Å². The third-order valence-electron chi connectivity index (χ3n) is 5.92. The summed E-state index contributed by atoms with van der Waals surface area (Å²) in [5, 5.41) is 0. The predicted octanol–water partition coefficient (Wildman–Crippen LogP) is 5.53. The average Bonchev–Trinajstić information content (AvgIpc) is 3.09. The average molecular weight is 426 g/mol. The Balaban J connectivity index is 1.75. The first-order chi connectivity index (χ1) is 15.4. The van der Waals surface area contributed by atoms with Crippen molar-refractivity contribution >= 4 is 17.6 Å². The van der Waals surface area contributed by atoms with Crippen LogP contribution in [0.25, 0.3) is 0 Å². The normalized spacial score (nSPS) is 15.9. The van der Waals surface area contributed by atoms with Gasteiger partial charge >= 0.3 is 0 Å². The minimum atomic E-state index is -0.426. The fourth-order valence-corrected chi connectivity index (χ4v) is 4.22. The summed E-state index contributed by atoms with van der Waals surface area (Å²) in [7, 11) is 0. The molecule has 1 amide bonds. The van der Waals surface area contributed by atoms with Crippen molar-refractivity contribution < 1.29 is 4.79 Å². The van der Waals surface area contributed by atoms with Crippen LogP contribution in [0, 0.1) is 13.8 Å². The van der Waals surface area contributed by atoms with Crippen LogP contribution in [0.3, 0.4) is 0 Å². The molecule has 0 spiro atoms. The second-order valence-corrected chi connectivity index (χ2v) is 8.81. The molecule has 0 radical (unpaired) electrons. The van der Waals surface area contributed by atoms with E-state index in [1.807, 2.05) is 35.2 Å². The monoisotopic (exact) mass is 425 g/mol. The Kier molecular flexibility index (Phi) is 6.40. The second-order valence-electron chi connectivity index (χ2n) is 8.81. The molecule has 0 aliphatic carbocycles. The molecule has 4 nitrogen and oxygen atoms in total. The zero-order valence-corrected chi connectivity index (χ0v) is 19.3. The molecule has 3 aromatic rings. The molecule has 0 N–H and O–H groups in total. The molecule has 1 heterocycles. The molecule has 4 heteroatoms. The van der Waals surface area contributed by atoms with Gasteiger partial charge in [-0.1, -0.05) is 78.4 Å². The Morgan fingerprint density at radius 2 is 1.53 bits per heavy atom. The number of carbonyl (C=O) groups is 1. The van der Waals surface area contributed by atoms with Crippen LogP contribution in [0.15, 0.2) is 83.9 Å². The molecule has 3 aromatic carbocycles. The first kappa shape index (κ1) is 21.8. The van der Waals surface area contributed by atoms with E-state index in [0.29, 0.717) is 13.0 Å². The van der Waals surface area contributed by atoms with Crippen LogP contribution in [0.4, 0.5) is 5.69 Å². The van der Waals surface area contributed by atoms with Crippen LogP contribution in [0.1, 0.15) is 36.1 Å². The van der Waals surface area contributed by atoms with Crippen LogP contribution >= 0.6 is 0 Å². The van der Waals surface area contributed by atoms with Crippen molar-refractivity contribution in [3.63, 3.8) is 0 Å². The van der Waals surface area contributed by atoms with Gasteiger partial charge in [-0.3, -0.25) is 4.79 Å². The Labute approximate surface area is 191 Å². The maximum atomic E-state index is 13.7. The van der Waals surface area contributed by atoms with Gasteiger partial charge in [-0.2, -0.15) is 0 Å². The number of aryl methyl sites for hydroxylation is 2. The number of hydrogen-bond donors (Lipinski definition) is 0. The summed E-state index contributed by atoms with van der Waals surface area (Å²) in [5.74, 6) is 0.774. The molecule has 1 atom stereocenters. The molecular weight excluding hydrogens is 394 g/mol. The summed E-state index contributed by atoms with van der Waals surface area (Å²) in [6.07, 6.45) is 0.599. The van der Waals surface area contributed by atoms with Crippen molar-refractivity contribution in [2.24, 2.45) is 4.99 Å². The highest BCUT2D eigenvalue weighted by atomic mass is 16.2. The van der Waals surface area contributed by atoms with E-state index in [2.05, 4.69) is 81.1 Å². The van der Waals surface area contributed by atoms with Gasteiger partial charge in [0.25, 0.3) is 5.91 Å². The van der Waals surface area contributed by atoms with Crippen molar-refractivity contribution in [1.29, 1.82) is 0 Å². The number of rotatable bonds is 6. The molecule has 1 aliphatic rings. The van der Waals surface area contributed by atoms with Gasteiger partial charge in [0, 0.05) is 19.0 Å². The lowest BCUT2D eigenvalue weighted by Gasteiger charge is -2.33. The van der Waals surface area contributed by atoms with Gasteiger partial charge in [0.05, 0.1) is 5.69 Å². The number of anilines is 1. The van der Waals surface area contributed by atoms with Gasteiger partial charge in [0.2, 0.25) is 5.96 Å². The van der Waals surface area contributed by atoms with Crippen LogP contribution in [-0.4, -0.2) is 28.9 Å². The number of hydrogen-bond acceptors (Lipinski definition) is 3. The quantitative estimate of drug-likeness (QED) is 0.521. The van der Waals surface area contributed by atoms with Crippen molar-refractivity contribution in [2.75, 3.05) is 4.90 Å². The van der Waals surface area contributed by atoms with Crippen molar-refractivity contribution in [3.05, 3.63) is 101 Å². The van der Waals surface area contributed by atoms with E-state index in [0.717, 1.165) is 22.8 Å². The number of amides is 1. The van der Waals surface area contributed by atoms with E-state index in [9.17, 15) is 4.79 Å². The Morgan fingerprint density at radius 3 is 2.12 bits per heavy atom. The van der Waals surface area contributed by atoms with Crippen LogP contribution < -0.4 is 4.90 Å². The lowest BCUT2D eigenvalue weighted by Crippen LogP contribution is -2.47. The first-order valence-corrected chi connectivity index (χ1v) is 11.3. The largest absolute Gasteiger partial charge is 0.335 e. The summed E-state index contributed by atoms with van der Waals surface area (Å²) in [6.45, 7) is 9.14. The van der Waals surface area contributed by atoms with Crippen molar-refractivity contribution in [3.8, 4) is 0 Å². The molecular formula is C28H31N3O. The summed E-state index contributed by atoms with van der Waals surface area (Å²) in [4.78, 5) is 22.8. The van der Waals surface area contributed by atoms with Crippen LogP contribution in [0.2, 0.25) is 0 Å². The fourth-order valence-electron chi connectivity index (χ4n) is 4.22. The van der Waals surface area contributed by atoms with Gasteiger partial charge in [0.1, 0.15) is 6.04 Å². The summed E-state index contributed by atoms with van der Waals surface area (Å²) in [6, 6.07) is 26.5. The topological polar surface area (TPSA) is 35.9 Å². The predicted molar refractivity (Wildman–Crippen MR) is 132 cm³/mol. The molecule has 164 valence electrons. The highest BCUT2D eigenvalue weighted by molar-refractivity contribution is 6.22. The number of guanidine groups is 1. The Hall–Kier alpha value is -3.40. The first-order valence-electron chi connectivity index (χ1n) is 11.3. The second kappa shape index (κ2) is 9.39. The molecule has 4 rings (SSSR count). The summed E-state index contributed by atoms with van der Waals surface area (Å²) in [5.41, 5.74) is 5.49. The molecule has 0 fully saturated rings. The van der Waals surface area contributed by atoms with E-state index in [1.165, 1.54) is 11.1 Å². The van der Waals surface area contributed by atoms with Gasteiger partial charge in [-0.05, 0) is 50.5 Å². The maximum Gasteiger partial charge on any atom is 0.259 e. The van der Waals surface area contributed by atoms with E-state index in [1.54, 1.807) is 0 Å². The number of aliphatic imine (C=N–C) groups is 1. The van der Waals surface area contributed by atoms with Gasteiger partial charge in [-0.15, -0.1) is 0 Å². The highest BCUT2D eigenvalue weighted by Gasteiger charge is 2.39. The molecule has 1 unspecified atom stereocenters. The molecule has 32 heavy (non-hydrogen) atoms. The lowest BCUT2D eigenvalue weighted by atomic mass is 10.1. The van der Waals surface area contributed by atoms with Crippen molar-refractivity contribution in [1.82, 2.24) is 4.90 Å². The summed E-state index contributed by atoms with van der Waals surface area (Å²) >= 11 is 0. The Morgan fingerprint density at radius 1 is 0.906 bits per heavy atom.